The first-order valence-corrected chi connectivity index (χ1v) is 7.50. The first-order valence-electron chi connectivity index (χ1n) is 7.50. The molecule has 1 aromatic rings. The highest BCUT2D eigenvalue weighted by Crippen LogP contribution is 2.33. The van der Waals surface area contributed by atoms with Gasteiger partial charge in [-0.25, -0.2) is 4.79 Å². The highest BCUT2D eigenvalue weighted by atomic mass is 16.6. The van der Waals surface area contributed by atoms with E-state index in [0.717, 1.165) is 31.4 Å². The van der Waals surface area contributed by atoms with Crippen molar-refractivity contribution in [1.82, 2.24) is 0 Å². The minimum Gasteiger partial charge on any atom is -0.462 e. The van der Waals surface area contributed by atoms with Crippen LogP contribution in [0.5, 0.6) is 5.75 Å². The Balaban J connectivity index is 1.91. The molecular formula is C17H23NO3. The topological polar surface area (TPSA) is 47.9 Å². The average molecular weight is 289 g/mol. The molecule has 2 rings (SSSR count). The second-order valence-electron chi connectivity index (χ2n) is 6.16. The van der Waals surface area contributed by atoms with E-state index in [9.17, 15) is 4.79 Å². The van der Waals surface area contributed by atoms with E-state index >= 15 is 0 Å². The van der Waals surface area contributed by atoms with Crippen molar-refractivity contribution in [3.05, 3.63) is 29.8 Å². The van der Waals surface area contributed by atoms with Gasteiger partial charge in [-0.2, -0.15) is 0 Å². The minimum absolute atomic E-state index is 0.315. The fraction of sp³-hybridized carbons (Fsp3) is 0.529. The maximum atomic E-state index is 11.5. The largest absolute Gasteiger partial charge is 0.462 e. The first-order chi connectivity index (χ1) is 10.00. The summed E-state index contributed by atoms with van der Waals surface area (Å²) < 4.78 is 4.94. The third-order valence-corrected chi connectivity index (χ3v) is 3.83. The Bertz CT molecular complexity index is 505. The lowest BCUT2D eigenvalue weighted by Crippen LogP contribution is -2.21. The van der Waals surface area contributed by atoms with E-state index in [1.54, 1.807) is 31.2 Å². The lowest BCUT2D eigenvalue weighted by atomic mass is 9.77. The molecule has 0 saturated heterocycles. The monoisotopic (exact) mass is 289 g/mol. The zero-order chi connectivity index (χ0) is 15.3. The summed E-state index contributed by atoms with van der Waals surface area (Å²) >= 11 is 0. The van der Waals surface area contributed by atoms with Crippen molar-refractivity contribution in [3.63, 3.8) is 0 Å². The van der Waals surface area contributed by atoms with E-state index in [4.69, 9.17) is 9.57 Å². The Hall–Kier alpha value is -1.84. The molecule has 0 spiro atoms. The smallest absolute Gasteiger partial charge is 0.338 e. The quantitative estimate of drug-likeness (QED) is 0.616. The van der Waals surface area contributed by atoms with Crippen molar-refractivity contribution in [2.75, 3.05) is 6.61 Å². The van der Waals surface area contributed by atoms with Crippen LogP contribution < -0.4 is 4.84 Å². The minimum atomic E-state index is -0.315. The number of esters is 1. The van der Waals surface area contributed by atoms with Crippen molar-refractivity contribution in [3.8, 4) is 5.75 Å². The maximum absolute atomic E-state index is 11.5. The number of carbonyl (C=O) groups is 1. The third-order valence-electron chi connectivity index (χ3n) is 3.83. The Morgan fingerprint density at radius 3 is 2.38 bits per heavy atom. The van der Waals surface area contributed by atoms with Gasteiger partial charge in [-0.05, 0) is 62.3 Å². The predicted molar refractivity (Wildman–Crippen MR) is 82.7 cm³/mol. The summed E-state index contributed by atoms with van der Waals surface area (Å²) in [6.07, 6.45) is 4.29. The van der Waals surface area contributed by atoms with Gasteiger partial charge >= 0.3 is 5.97 Å². The van der Waals surface area contributed by atoms with Crippen molar-refractivity contribution >= 4 is 11.7 Å². The molecule has 1 aliphatic carbocycles. The highest BCUT2D eigenvalue weighted by molar-refractivity contribution is 5.89. The van der Waals surface area contributed by atoms with Gasteiger partial charge in [0.2, 0.25) is 0 Å². The molecule has 1 saturated carbocycles. The first kappa shape index (κ1) is 15.5. The summed E-state index contributed by atoms with van der Waals surface area (Å²) in [6.45, 7) is 6.75. The predicted octanol–water partition coefficient (Wildman–Crippen LogP) is 4.20. The Morgan fingerprint density at radius 2 is 1.81 bits per heavy atom. The van der Waals surface area contributed by atoms with Crippen LogP contribution in [0.4, 0.5) is 0 Å². The van der Waals surface area contributed by atoms with Gasteiger partial charge in [-0.3, -0.25) is 0 Å². The molecule has 0 heterocycles. The van der Waals surface area contributed by atoms with Gasteiger partial charge in [0, 0.05) is 0 Å². The van der Waals surface area contributed by atoms with E-state index in [-0.39, 0.29) is 5.97 Å². The molecule has 1 fully saturated rings. The van der Waals surface area contributed by atoms with Crippen molar-refractivity contribution in [1.29, 1.82) is 0 Å². The van der Waals surface area contributed by atoms with Crippen LogP contribution in [0.3, 0.4) is 0 Å². The lowest BCUT2D eigenvalue weighted by molar-refractivity contribution is 0.0526. The summed E-state index contributed by atoms with van der Waals surface area (Å²) in [4.78, 5) is 17.0. The van der Waals surface area contributed by atoms with E-state index in [0.29, 0.717) is 23.3 Å². The number of nitrogens with zero attached hydrogens (tertiary/aromatic N) is 1. The van der Waals surface area contributed by atoms with E-state index in [1.807, 2.05) is 0 Å². The number of hydrogen-bond donors (Lipinski definition) is 0. The molecule has 0 unspecified atom stereocenters. The second kappa shape index (κ2) is 6.74. The van der Waals surface area contributed by atoms with Crippen LogP contribution in [0.2, 0.25) is 0 Å². The Morgan fingerprint density at radius 1 is 1.19 bits per heavy atom. The van der Waals surface area contributed by atoms with Crippen molar-refractivity contribution < 1.29 is 14.4 Å². The summed E-state index contributed by atoms with van der Waals surface area (Å²) in [5.41, 5.74) is 2.06. The SMILES string of the molecule is CCOC(=O)c1ccc(ON=C2CCC(C)(C)CC2)cc1. The molecule has 0 amide bonds. The van der Waals surface area contributed by atoms with E-state index < -0.39 is 0 Å². The van der Waals surface area contributed by atoms with Crippen molar-refractivity contribution in [2.45, 2.75) is 46.5 Å². The molecule has 1 aliphatic rings. The molecule has 0 aromatic heterocycles. The number of oxime groups is 1. The van der Waals surface area contributed by atoms with Crippen molar-refractivity contribution in [2.24, 2.45) is 10.6 Å². The van der Waals surface area contributed by atoms with Crippen LogP contribution in [0, 0.1) is 5.41 Å². The fourth-order valence-corrected chi connectivity index (χ4v) is 2.29. The fourth-order valence-electron chi connectivity index (χ4n) is 2.29. The molecule has 0 radical (unpaired) electrons. The molecule has 0 aliphatic heterocycles. The molecule has 21 heavy (non-hydrogen) atoms. The number of benzene rings is 1. The zero-order valence-electron chi connectivity index (χ0n) is 13.0. The van der Waals surface area contributed by atoms with E-state index in [2.05, 4.69) is 19.0 Å². The summed E-state index contributed by atoms with van der Waals surface area (Å²) in [5.74, 6) is 0.324. The molecular weight excluding hydrogens is 266 g/mol. The van der Waals surface area contributed by atoms with Gasteiger partial charge in [0.1, 0.15) is 0 Å². The number of rotatable bonds is 4. The number of ether oxygens (including phenoxy) is 1. The van der Waals surface area contributed by atoms with Gasteiger partial charge in [-0.15, -0.1) is 0 Å². The normalized spacial score (nSPS) is 17.2. The van der Waals surface area contributed by atoms with Gasteiger partial charge in [0.05, 0.1) is 17.9 Å². The third kappa shape index (κ3) is 4.59. The zero-order valence-corrected chi connectivity index (χ0v) is 13.0. The molecule has 114 valence electrons. The van der Waals surface area contributed by atoms with Crippen LogP contribution in [-0.2, 0) is 4.74 Å². The van der Waals surface area contributed by atoms with E-state index in [1.165, 1.54) is 0 Å². The molecule has 0 bridgehead atoms. The Labute approximate surface area is 126 Å². The maximum Gasteiger partial charge on any atom is 0.338 e. The van der Waals surface area contributed by atoms with Gasteiger partial charge < -0.3 is 9.57 Å². The molecule has 4 nitrogen and oxygen atoms in total. The van der Waals surface area contributed by atoms with Crippen LogP contribution in [-0.4, -0.2) is 18.3 Å². The summed E-state index contributed by atoms with van der Waals surface area (Å²) in [5, 5.41) is 4.23. The summed E-state index contributed by atoms with van der Waals surface area (Å²) in [7, 11) is 0. The van der Waals surface area contributed by atoms with Crippen LogP contribution in [0.1, 0.15) is 56.8 Å². The van der Waals surface area contributed by atoms with Gasteiger partial charge in [0.15, 0.2) is 5.75 Å². The van der Waals surface area contributed by atoms with Gasteiger partial charge in [-0.1, -0.05) is 19.0 Å². The average Bonchev–Trinajstić information content (AvgIpc) is 2.47. The summed E-state index contributed by atoms with van der Waals surface area (Å²) in [6, 6.07) is 6.86. The highest BCUT2D eigenvalue weighted by Gasteiger charge is 2.24. The second-order valence-corrected chi connectivity index (χ2v) is 6.16. The lowest BCUT2D eigenvalue weighted by Gasteiger charge is -2.29. The Kier molecular flexibility index (Phi) is 4.99. The van der Waals surface area contributed by atoms with Crippen LogP contribution >= 0.6 is 0 Å². The molecule has 0 N–H and O–H groups in total. The number of hydrogen-bond acceptors (Lipinski definition) is 4. The molecule has 4 heteroatoms. The van der Waals surface area contributed by atoms with Crippen LogP contribution in [0.25, 0.3) is 0 Å². The molecule has 1 aromatic carbocycles. The van der Waals surface area contributed by atoms with Crippen LogP contribution in [0.15, 0.2) is 29.4 Å². The number of carbonyl (C=O) groups excluding carboxylic acids is 1. The van der Waals surface area contributed by atoms with Gasteiger partial charge in [0.25, 0.3) is 0 Å². The standard InChI is InChI=1S/C17H23NO3/c1-4-20-16(19)13-5-7-15(8-6-13)21-18-14-9-11-17(2,3)12-10-14/h5-8H,4,9-12H2,1-3H3. The molecule has 0 atom stereocenters.